The highest BCUT2D eigenvalue weighted by atomic mass is 32.1. The number of rotatable bonds is 4. The molecule has 128 valence electrons. The number of hydrogen-bond acceptors (Lipinski definition) is 6. The number of aromatic nitrogens is 1. The van der Waals surface area contributed by atoms with Crippen LogP contribution in [-0.2, 0) is 24.2 Å². The van der Waals surface area contributed by atoms with E-state index < -0.39 is 16.4 Å². The van der Waals surface area contributed by atoms with Crippen LogP contribution in [0.5, 0.6) is 0 Å². The van der Waals surface area contributed by atoms with E-state index in [1.54, 1.807) is 0 Å². The molecule has 0 radical (unpaired) electrons. The molecule has 1 aliphatic carbocycles. The van der Waals surface area contributed by atoms with Gasteiger partial charge >= 0.3 is 0 Å². The lowest BCUT2D eigenvalue weighted by Gasteiger charge is -2.07. The molecule has 1 aliphatic rings. The molecule has 0 atom stereocenters. The fraction of sp³-hybridized carbons (Fsp3) is 0.312. The number of carbonyl (C=O) groups is 1. The summed E-state index contributed by atoms with van der Waals surface area (Å²) >= 11 is 1.38. The van der Waals surface area contributed by atoms with Crippen LogP contribution in [0.3, 0.4) is 0 Å². The van der Waals surface area contributed by atoms with E-state index in [0.717, 1.165) is 46.5 Å². The number of nitriles is 1. The number of thiophene rings is 1. The summed E-state index contributed by atoms with van der Waals surface area (Å²) in [6, 6.07) is 3.26. The van der Waals surface area contributed by atoms with Crippen molar-refractivity contribution in [2.24, 2.45) is 0 Å². The van der Waals surface area contributed by atoms with Crippen LogP contribution in [0.4, 0.5) is 10.7 Å². The molecule has 9 heteroatoms. The Morgan fingerprint density at radius 1 is 1.52 bits per heavy atom. The quantitative estimate of drug-likeness (QED) is 0.663. The van der Waals surface area contributed by atoms with E-state index >= 15 is 0 Å². The summed E-state index contributed by atoms with van der Waals surface area (Å²) in [5, 5.41) is 23.4. The molecule has 3 rings (SSSR count). The number of pyridine rings is 1. The van der Waals surface area contributed by atoms with Gasteiger partial charge in [-0.1, -0.05) is 0 Å². The van der Waals surface area contributed by atoms with Crippen LogP contribution in [-0.4, -0.2) is 15.4 Å². The predicted molar refractivity (Wildman–Crippen MR) is 91.8 cm³/mol. The van der Waals surface area contributed by atoms with Gasteiger partial charge in [0.15, 0.2) is 0 Å². The lowest BCUT2D eigenvalue weighted by atomic mass is 10.1. The number of carbonyl (C=O) groups excluding carboxylic acids is 1. The Hall–Kier alpha value is -2.99. The van der Waals surface area contributed by atoms with Gasteiger partial charge in [-0.05, 0) is 31.7 Å². The molecule has 0 saturated heterocycles. The smallest absolute Gasteiger partial charge is 0.288 e. The SMILES string of the molecule is Cc1cc(=O)n(CC(=O)Nc2sc3c(c2C#N)CCC3)cc1[N+](=O)[O-]. The number of anilines is 1. The Bertz CT molecular complexity index is 983. The maximum atomic E-state index is 12.3. The third kappa shape index (κ3) is 3.16. The Labute approximate surface area is 146 Å². The highest BCUT2D eigenvalue weighted by Gasteiger charge is 2.23. The third-order valence-electron chi connectivity index (χ3n) is 4.10. The molecule has 2 aromatic rings. The second kappa shape index (κ2) is 6.49. The molecule has 0 unspecified atom stereocenters. The molecule has 0 aliphatic heterocycles. The standard InChI is InChI=1S/C16H14N4O4S/c1-9-5-15(22)19(7-12(9)20(23)24)8-14(21)18-16-11(6-17)10-3-2-4-13(10)25-16/h5,7H,2-4,8H2,1H3,(H,18,21). The topological polar surface area (TPSA) is 118 Å². The Balaban J connectivity index is 1.83. The molecule has 2 aromatic heterocycles. The lowest BCUT2D eigenvalue weighted by molar-refractivity contribution is -0.385. The fourth-order valence-corrected chi connectivity index (χ4v) is 4.16. The second-order valence-electron chi connectivity index (χ2n) is 5.79. The number of amides is 1. The van der Waals surface area contributed by atoms with E-state index in [1.165, 1.54) is 18.3 Å². The van der Waals surface area contributed by atoms with Crippen LogP contribution in [0, 0.1) is 28.4 Å². The largest absolute Gasteiger partial charge is 0.315 e. The summed E-state index contributed by atoms with van der Waals surface area (Å²) in [5.41, 5.74) is 1.000. The summed E-state index contributed by atoms with van der Waals surface area (Å²) in [6.45, 7) is 1.11. The van der Waals surface area contributed by atoms with Crippen LogP contribution in [0.2, 0.25) is 0 Å². The molecule has 25 heavy (non-hydrogen) atoms. The molecular weight excluding hydrogens is 344 g/mol. The molecule has 2 heterocycles. The van der Waals surface area contributed by atoms with Crippen LogP contribution in [0.15, 0.2) is 17.1 Å². The van der Waals surface area contributed by atoms with Gasteiger partial charge in [-0.2, -0.15) is 5.26 Å². The maximum absolute atomic E-state index is 12.3. The average Bonchev–Trinajstić information content (AvgIpc) is 3.09. The van der Waals surface area contributed by atoms with E-state index in [-0.39, 0.29) is 17.8 Å². The van der Waals surface area contributed by atoms with Crippen molar-refractivity contribution in [2.45, 2.75) is 32.7 Å². The first kappa shape index (κ1) is 16.9. The van der Waals surface area contributed by atoms with Crippen molar-refractivity contribution in [2.75, 3.05) is 5.32 Å². The second-order valence-corrected chi connectivity index (χ2v) is 6.89. The first-order chi connectivity index (χ1) is 11.9. The van der Waals surface area contributed by atoms with Crippen LogP contribution in [0.25, 0.3) is 0 Å². The number of nitro groups is 1. The van der Waals surface area contributed by atoms with Crippen molar-refractivity contribution < 1.29 is 9.72 Å². The first-order valence-corrected chi connectivity index (χ1v) is 8.42. The van der Waals surface area contributed by atoms with E-state index in [0.29, 0.717) is 10.6 Å². The predicted octanol–water partition coefficient (Wildman–Crippen LogP) is 2.13. The Kier molecular flexibility index (Phi) is 4.37. The molecule has 0 aromatic carbocycles. The van der Waals surface area contributed by atoms with Crippen LogP contribution >= 0.6 is 11.3 Å². The summed E-state index contributed by atoms with van der Waals surface area (Å²) < 4.78 is 0.994. The van der Waals surface area contributed by atoms with Gasteiger partial charge in [0.1, 0.15) is 17.6 Å². The fourth-order valence-electron chi connectivity index (χ4n) is 2.90. The number of fused-ring (bicyclic) bond motifs is 1. The van der Waals surface area contributed by atoms with Gasteiger partial charge in [-0.15, -0.1) is 11.3 Å². The molecule has 1 N–H and O–H groups in total. The lowest BCUT2D eigenvalue weighted by Crippen LogP contribution is -2.27. The van der Waals surface area contributed by atoms with Gasteiger partial charge < -0.3 is 5.32 Å². The summed E-state index contributed by atoms with van der Waals surface area (Å²) in [4.78, 5) is 35.7. The minimum atomic E-state index is -0.596. The molecular formula is C16H14N4O4S. The zero-order valence-electron chi connectivity index (χ0n) is 13.4. The van der Waals surface area contributed by atoms with Crippen molar-refractivity contribution in [1.82, 2.24) is 4.57 Å². The highest BCUT2D eigenvalue weighted by Crippen LogP contribution is 2.38. The van der Waals surface area contributed by atoms with Gasteiger partial charge in [0.2, 0.25) is 5.91 Å². The van der Waals surface area contributed by atoms with Gasteiger partial charge in [-0.3, -0.25) is 24.3 Å². The minimum Gasteiger partial charge on any atom is -0.315 e. The molecule has 0 fully saturated rings. The van der Waals surface area contributed by atoms with Crippen LogP contribution in [0.1, 0.15) is 28.0 Å². The average molecular weight is 358 g/mol. The van der Waals surface area contributed by atoms with E-state index in [2.05, 4.69) is 11.4 Å². The van der Waals surface area contributed by atoms with Gasteiger partial charge in [0.25, 0.3) is 11.2 Å². The Morgan fingerprint density at radius 3 is 2.96 bits per heavy atom. The van der Waals surface area contributed by atoms with Crippen molar-refractivity contribution in [1.29, 1.82) is 5.26 Å². The minimum absolute atomic E-state index is 0.222. The number of nitrogens with zero attached hydrogens (tertiary/aromatic N) is 3. The number of aryl methyl sites for hydroxylation is 2. The third-order valence-corrected chi connectivity index (χ3v) is 5.31. The van der Waals surface area contributed by atoms with Gasteiger partial charge in [0.05, 0.1) is 16.7 Å². The zero-order valence-corrected chi connectivity index (χ0v) is 14.2. The van der Waals surface area contributed by atoms with Gasteiger partial charge in [-0.25, -0.2) is 0 Å². The summed E-state index contributed by atoms with van der Waals surface area (Å²) in [5.74, 6) is -0.503. The van der Waals surface area contributed by atoms with Gasteiger partial charge in [0, 0.05) is 16.5 Å². The number of nitrogens with one attached hydrogen (secondary N) is 1. The zero-order chi connectivity index (χ0) is 18.1. The van der Waals surface area contributed by atoms with Crippen molar-refractivity contribution in [3.63, 3.8) is 0 Å². The molecule has 0 spiro atoms. The van der Waals surface area contributed by atoms with Crippen molar-refractivity contribution in [3.8, 4) is 6.07 Å². The molecule has 1 amide bonds. The van der Waals surface area contributed by atoms with Crippen molar-refractivity contribution in [3.05, 3.63) is 54.3 Å². The summed E-state index contributed by atoms with van der Waals surface area (Å²) in [7, 11) is 0. The number of hydrogen-bond donors (Lipinski definition) is 1. The molecule has 8 nitrogen and oxygen atoms in total. The van der Waals surface area contributed by atoms with E-state index in [9.17, 15) is 25.0 Å². The normalized spacial score (nSPS) is 12.5. The first-order valence-electron chi connectivity index (χ1n) is 7.60. The monoisotopic (exact) mass is 358 g/mol. The maximum Gasteiger partial charge on any atom is 0.288 e. The summed E-state index contributed by atoms with van der Waals surface area (Å²) in [6.07, 6.45) is 3.80. The van der Waals surface area contributed by atoms with Crippen molar-refractivity contribution >= 4 is 27.9 Å². The van der Waals surface area contributed by atoms with E-state index in [1.807, 2.05) is 0 Å². The van der Waals surface area contributed by atoms with E-state index in [4.69, 9.17) is 0 Å². The molecule has 0 bridgehead atoms. The Morgan fingerprint density at radius 2 is 2.28 bits per heavy atom. The van der Waals surface area contributed by atoms with Crippen LogP contribution < -0.4 is 10.9 Å². The molecule has 0 saturated carbocycles. The highest BCUT2D eigenvalue weighted by molar-refractivity contribution is 7.16.